The van der Waals surface area contributed by atoms with Crippen LogP contribution in [0.4, 0.5) is 0 Å². The van der Waals surface area contributed by atoms with E-state index in [1.165, 1.54) is 16.5 Å². The Morgan fingerprint density at radius 1 is 1.40 bits per heavy atom. The number of allylic oxidation sites excluding steroid dienone is 1. The van der Waals surface area contributed by atoms with Gasteiger partial charge in [0.05, 0.1) is 0 Å². The molecular weight excluding hydrogens is 184 g/mol. The van der Waals surface area contributed by atoms with Crippen molar-refractivity contribution < 1.29 is 0 Å². The Kier molecular flexibility index (Phi) is 2.60. The predicted octanol–water partition coefficient (Wildman–Crippen LogP) is 2.68. The molecule has 2 N–H and O–H groups in total. The zero-order valence-corrected chi connectivity index (χ0v) is 9.03. The van der Waals surface area contributed by atoms with Crippen molar-refractivity contribution in [2.24, 2.45) is 5.73 Å². The Hall–Kier alpha value is -1.54. The summed E-state index contributed by atoms with van der Waals surface area (Å²) in [6, 6.07) is 8.47. The number of nitrogens with zero attached hydrogens (tertiary/aromatic N) is 1. The molecule has 2 nitrogen and oxygen atoms in total. The molecule has 78 valence electrons. The lowest BCUT2D eigenvalue weighted by Crippen LogP contribution is -1.98. The maximum atomic E-state index is 5.61. The van der Waals surface area contributed by atoms with Crippen molar-refractivity contribution in [2.75, 3.05) is 0 Å². The molecule has 0 spiro atoms. The van der Waals surface area contributed by atoms with Crippen molar-refractivity contribution in [3.63, 3.8) is 0 Å². The molecule has 0 amide bonds. The summed E-state index contributed by atoms with van der Waals surface area (Å²) < 4.78 is 2.21. The second-order valence-corrected chi connectivity index (χ2v) is 4.00. The van der Waals surface area contributed by atoms with E-state index in [0.717, 1.165) is 12.1 Å². The quantitative estimate of drug-likeness (QED) is 0.759. The molecule has 0 aliphatic heterocycles. The van der Waals surface area contributed by atoms with Crippen molar-refractivity contribution >= 4 is 10.9 Å². The highest BCUT2D eigenvalue weighted by Crippen LogP contribution is 2.18. The fourth-order valence-corrected chi connectivity index (χ4v) is 1.81. The molecule has 0 aliphatic carbocycles. The van der Waals surface area contributed by atoms with Crippen LogP contribution >= 0.6 is 0 Å². The third kappa shape index (κ3) is 1.95. The normalized spacial score (nSPS) is 10.8. The zero-order valence-electron chi connectivity index (χ0n) is 9.03. The highest BCUT2D eigenvalue weighted by Gasteiger charge is 2.01. The third-order valence-electron chi connectivity index (χ3n) is 2.51. The molecular formula is C13H16N2. The Labute approximate surface area is 90.0 Å². The Morgan fingerprint density at radius 3 is 2.87 bits per heavy atom. The smallest absolute Gasteiger partial charge is 0.0483 e. The molecule has 1 aromatic heterocycles. The van der Waals surface area contributed by atoms with Crippen molar-refractivity contribution in [2.45, 2.75) is 20.0 Å². The van der Waals surface area contributed by atoms with Crippen LogP contribution in [0.15, 0.2) is 42.6 Å². The first-order valence-electron chi connectivity index (χ1n) is 5.13. The van der Waals surface area contributed by atoms with Gasteiger partial charge in [-0.2, -0.15) is 0 Å². The first kappa shape index (κ1) is 9.99. The lowest BCUT2D eigenvalue weighted by molar-refractivity contribution is 0.822. The molecule has 0 saturated heterocycles. The van der Waals surface area contributed by atoms with Gasteiger partial charge in [0.1, 0.15) is 0 Å². The number of aromatic nitrogens is 1. The molecule has 0 aliphatic rings. The molecule has 0 bridgehead atoms. The van der Waals surface area contributed by atoms with Crippen molar-refractivity contribution in [1.82, 2.24) is 4.57 Å². The van der Waals surface area contributed by atoms with Crippen LogP contribution in [-0.2, 0) is 13.1 Å². The average Bonchev–Trinajstić information content (AvgIpc) is 2.60. The summed E-state index contributed by atoms with van der Waals surface area (Å²) in [6.07, 6.45) is 2.10. The fraction of sp³-hybridized carbons (Fsp3) is 0.231. The number of nitrogens with two attached hydrogens (primary N) is 1. The van der Waals surface area contributed by atoms with Gasteiger partial charge >= 0.3 is 0 Å². The van der Waals surface area contributed by atoms with Gasteiger partial charge in [0.15, 0.2) is 0 Å². The second kappa shape index (κ2) is 3.91. The Morgan fingerprint density at radius 2 is 2.20 bits per heavy atom. The SMILES string of the molecule is C=C(C)Cn1ccc2cc(CN)ccc21. The molecule has 1 heterocycles. The van der Waals surface area contributed by atoms with E-state index in [2.05, 4.69) is 41.6 Å². The number of rotatable bonds is 3. The van der Waals surface area contributed by atoms with Gasteiger partial charge in [0.25, 0.3) is 0 Å². The predicted molar refractivity (Wildman–Crippen MR) is 64.6 cm³/mol. The first-order valence-corrected chi connectivity index (χ1v) is 5.13. The number of benzene rings is 1. The molecule has 0 unspecified atom stereocenters. The van der Waals surface area contributed by atoms with Gasteiger partial charge in [-0.3, -0.25) is 0 Å². The first-order chi connectivity index (χ1) is 7.20. The van der Waals surface area contributed by atoms with Crippen molar-refractivity contribution in [3.05, 3.63) is 48.2 Å². The minimum Gasteiger partial charge on any atom is -0.343 e. The van der Waals surface area contributed by atoms with E-state index in [-0.39, 0.29) is 0 Å². The van der Waals surface area contributed by atoms with Crippen LogP contribution in [0.25, 0.3) is 10.9 Å². The Balaban J connectivity index is 2.47. The minimum absolute atomic E-state index is 0.599. The van der Waals surface area contributed by atoms with E-state index in [0.29, 0.717) is 6.54 Å². The fourth-order valence-electron chi connectivity index (χ4n) is 1.81. The summed E-state index contributed by atoms with van der Waals surface area (Å²) in [5.74, 6) is 0. The minimum atomic E-state index is 0.599. The summed E-state index contributed by atoms with van der Waals surface area (Å²) in [4.78, 5) is 0. The van der Waals surface area contributed by atoms with Gasteiger partial charge in [0.2, 0.25) is 0 Å². The molecule has 0 radical (unpaired) electrons. The highest BCUT2D eigenvalue weighted by molar-refractivity contribution is 5.80. The summed E-state index contributed by atoms with van der Waals surface area (Å²) in [7, 11) is 0. The zero-order chi connectivity index (χ0) is 10.8. The van der Waals surface area contributed by atoms with Gasteiger partial charge in [0, 0.05) is 24.8 Å². The topological polar surface area (TPSA) is 30.9 Å². The Bertz CT molecular complexity index is 494. The largest absolute Gasteiger partial charge is 0.343 e. The van der Waals surface area contributed by atoms with Gasteiger partial charge in [-0.05, 0) is 36.1 Å². The van der Waals surface area contributed by atoms with E-state index >= 15 is 0 Å². The van der Waals surface area contributed by atoms with E-state index in [1.54, 1.807) is 0 Å². The van der Waals surface area contributed by atoms with Crippen LogP contribution in [0.3, 0.4) is 0 Å². The van der Waals surface area contributed by atoms with Crippen molar-refractivity contribution in [3.8, 4) is 0 Å². The average molecular weight is 200 g/mol. The molecule has 2 aromatic rings. The molecule has 15 heavy (non-hydrogen) atoms. The summed E-state index contributed by atoms with van der Waals surface area (Å²) in [5.41, 5.74) is 9.19. The van der Waals surface area contributed by atoms with Crippen molar-refractivity contribution in [1.29, 1.82) is 0 Å². The lowest BCUT2D eigenvalue weighted by Gasteiger charge is -2.05. The number of hydrogen-bond donors (Lipinski definition) is 1. The van der Waals surface area contributed by atoms with Gasteiger partial charge in [-0.25, -0.2) is 0 Å². The van der Waals surface area contributed by atoms with E-state index in [9.17, 15) is 0 Å². The van der Waals surface area contributed by atoms with Crippen LogP contribution in [-0.4, -0.2) is 4.57 Å². The van der Waals surface area contributed by atoms with Crippen LogP contribution < -0.4 is 5.73 Å². The van der Waals surface area contributed by atoms with Crippen LogP contribution in [0.2, 0.25) is 0 Å². The maximum Gasteiger partial charge on any atom is 0.0483 e. The van der Waals surface area contributed by atoms with Crippen LogP contribution in [0.1, 0.15) is 12.5 Å². The van der Waals surface area contributed by atoms with E-state index in [4.69, 9.17) is 5.73 Å². The van der Waals surface area contributed by atoms with Crippen LogP contribution in [0, 0.1) is 0 Å². The van der Waals surface area contributed by atoms with Gasteiger partial charge in [-0.15, -0.1) is 0 Å². The molecule has 0 saturated carbocycles. The van der Waals surface area contributed by atoms with Gasteiger partial charge < -0.3 is 10.3 Å². The summed E-state index contributed by atoms with van der Waals surface area (Å²) in [6.45, 7) is 7.45. The second-order valence-electron chi connectivity index (χ2n) is 4.00. The summed E-state index contributed by atoms with van der Waals surface area (Å²) in [5, 5.41) is 1.25. The third-order valence-corrected chi connectivity index (χ3v) is 2.51. The molecule has 2 rings (SSSR count). The number of fused-ring (bicyclic) bond motifs is 1. The van der Waals surface area contributed by atoms with Crippen LogP contribution in [0.5, 0.6) is 0 Å². The highest BCUT2D eigenvalue weighted by atomic mass is 14.9. The molecule has 0 fully saturated rings. The molecule has 2 heteroatoms. The molecule has 1 aromatic carbocycles. The molecule has 0 atom stereocenters. The van der Waals surface area contributed by atoms with E-state index < -0.39 is 0 Å². The number of hydrogen-bond acceptors (Lipinski definition) is 1. The van der Waals surface area contributed by atoms with E-state index in [1.807, 2.05) is 6.92 Å². The van der Waals surface area contributed by atoms with Gasteiger partial charge in [-0.1, -0.05) is 18.2 Å². The maximum absolute atomic E-state index is 5.61. The monoisotopic (exact) mass is 200 g/mol. The standard InChI is InChI=1S/C13H16N2/c1-10(2)9-15-6-5-12-7-11(8-14)3-4-13(12)15/h3-7H,1,8-9,14H2,2H3. The summed E-state index contributed by atoms with van der Waals surface area (Å²) >= 11 is 0. The lowest BCUT2D eigenvalue weighted by atomic mass is 10.1.